The second-order valence-electron chi connectivity index (χ2n) is 7.81. The van der Waals surface area contributed by atoms with Gasteiger partial charge in [0.15, 0.2) is 0 Å². The van der Waals surface area contributed by atoms with Crippen LogP contribution in [0.1, 0.15) is 46.9 Å². The van der Waals surface area contributed by atoms with Gasteiger partial charge in [-0.05, 0) is 60.4 Å². The topological polar surface area (TPSA) is 128 Å². The Balaban J connectivity index is 1.77. The first-order valence-corrected chi connectivity index (χ1v) is 12.8. The SMILES string of the molecule is CCC(=O)OCc1cc(NC(=O)c2cccnc2S(=O)Cc2ccc(OC)cc2CCCO)ccn1. The van der Waals surface area contributed by atoms with Crippen LogP contribution in [0.2, 0.25) is 0 Å². The average molecular weight is 512 g/mol. The number of benzene rings is 1. The number of methoxy groups -OCH3 is 1. The average Bonchev–Trinajstić information content (AvgIpc) is 2.91. The van der Waals surface area contributed by atoms with Gasteiger partial charge in [-0.25, -0.2) is 4.98 Å². The smallest absolute Gasteiger partial charge is 0.305 e. The van der Waals surface area contributed by atoms with E-state index >= 15 is 0 Å². The molecule has 2 heterocycles. The van der Waals surface area contributed by atoms with Gasteiger partial charge in [0, 0.05) is 31.1 Å². The molecule has 1 unspecified atom stereocenters. The van der Waals surface area contributed by atoms with Gasteiger partial charge in [0.2, 0.25) is 0 Å². The number of aryl methyl sites for hydroxylation is 1. The van der Waals surface area contributed by atoms with Crippen LogP contribution in [0.25, 0.3) is 0 Å². The van der Waals surface area contributed by atoms with E-state index in [1.165, 1.54) is 12.4 Å². The molecule has 3 rings (SSSR count). The zero-order valence-electron chi connectivity index (χ0n) is 20.2. The highest BCUT2D eigenvalue weighted by Crippen LogP contribution is 2.23. The van der Waals surface area contributed by atoms with E-state index < -0.39 is 16.7 Å². The van der Waals surface area contributed by atoms with Crippen LogP contribution in [0.5, 0.6) is 5.75 Å². The number of esters is 1. The minimum Gasteiger partial charge on any atom is -0.497 e. The molecule has 190 valence electrons. The van der Waals surface area contributed by atoms with E-state index in [0.717, 1.165) is 11.1 Å². The number of carbonyl (C=O) groups is 2. The lowest BCUT2D eigenvalue weighted by molar-refractivity contribution is -0.144. The molecular weight excluding hydrogens is 482 g/mol. The first-order valence-electron chi connectivity index (χ1n) is 11.5. The second-order valence-corrected chi connectivity index (χ2v) is 9.18. The summed E-state index contributed by atoms with van der Waals surface area (Å²) in [6.45, 7) is 1.74. The number of amides is 1. The molecule has 0 spiro atoms. The lowest BCUT2D eigenvalue weighted by atomic mass is 10.0. The maximum absolute atomic E-state index is 13.3. The number of nitrogens with zero attached hydrogens (tertiary/aromatic N) is 2. The molecule has 2 aromatic heterocycles. The van der Waals surface area contributed by atoms with Crippen LogP contribution in [0.15, 0.2) is 59.9 Å². The summed E-state index contributed by atoms with van der Waals surface area (Å²) in [6.07, 6.45) is 4.43. The van der Waals surface area contributed by atoms with Crippen LogP contribution in [0.4, 0.5) is 5.69 Å². The lowest BCUT2D eigenvalue weighted by Crippen LogP contribution is -2.17. The van der Waals surface area contributed by atoms with E-state index in [-0.39, 0.29) is 41.9 Å². The minimum absolute atomic E-state index is 0.000973. The molecule has 2 N–H and O–H groups in total. The molecule has 1 atom stereocenters. The number of aromatic nitrogens is 2. The van der Waals surface area contributed by atoms with Crippen LogP contribution in [-0.4, -0.2) is 44.9 Å². The standard InChI is InChI=1S/C26H29N3O6S/c1-3-24(31)35-16-21-15-20(10-12-27-21)29-25(32)23-7-4-11-28-26(23)36(33)17-19-8-9-22(34-2)14-18(19)6-5-13-30/h4,7-12,14-15,30H,3,5-6,13,16-17H2,1-2H3,(H,27,29,32). The number of pyridine rings is 2. The van der Waals surface area contributed by atoms with E-state index in [0.29, 0.717) is 30.0 Å². The van der Waals surface area contributed by atoms with Crippen LogP contribution >= 0.6 is 0 Å². The predicted molar refractivity (Wildman–Crippen MR) is 135 cm³/mol. The van der Waals surface area contributed by atoms with Crippen molar-refractivity contribution < 1.29 is 28.4 Å². The Bertz CT molecular complexity index is 1230. The number of anilines is 1. The Morgan fingerprint density at radius 1 is 1.08 bits per heavy atom. The maximum Gasteiger partial charge on any atom is 0.305 e. The Kier molecular flexibility index (Phi) is 10.1. The Labute approximate surface area is 212 Å². The van der Waals surface area contributed by atoms with E-state index in [2.05, 4.69) is 15.3 Å². The summed E-state index contributed by atoms with van der Waals surface area (Å²) in [5.74, 6) is 0.0237. The van der Waals surface area contributed by atoms with Crippen LogP contribution in [0.3, 0.4) is 0 Å². The minimum atomic E-state index is -1.61. The van der Waals surface area contributed by atoms with Gasteiger partial charge in [0.05, 0.1) is 34.9 Å². The van der Waals surface area contributed by atoms with Gasteiger partial charge in [-0.15, -0.1) is 0 Å². The predicted octanol–water partition coefficient (Wildman–Crippen LogP) is 3.42. The normalized spacial score (nSPS) is 11.5. The summed E-state index contributed by atoms with van der Waals surface area (Å²) in [7, 11) is -0.0332. The Morgan fingerprint density at radius 3 is 2.67 bits per heavy atom. The molecule has 0 aliphatic carbocycles. The maximum atomic E-state index is 13.3. The van der Waals surface area contributed by atoms with Crippen LogP contribution in [0, 0.1) is 0 Å². The molecule has 36 heavy (non-hydrogen) atoms. The number of ether oxygens (including phenoxy) is 2. The number of nitrogens with one attached hydrogen (secondary N) is 1. The molecule has 0 saturated heterocycles. The largest absolute Gasteiger partial charge is 0.497 e. The van der Waals surface area contributed by atoms with Gasteiger partial charge < -0.3 is 19.9 Å². The van der Waals surface area contributed by atoms with Crippen LogP contribution < -0.4 is 10.1 Å². The summed E-state index contributed by atoms with van der Waals surface area (Å²) in [6, 6.07) is 11.9. The number of aliphatic hydroxyl groups excluding tert-OH is 1. The van der Waals surface area contributed by atoms with Crippen LogP contribution in [-0.2, 0) is 39.1 Å². The van der Waals surface area contributed by atoms with E-state index in [1.54, 1.807) is 44.4 Å². The van der Waals surface area contributed by atoms with Gasteiger partial charge in [-0.1, -0.05) is 13.0 Å². The summed E-state index contributed by atoms with van der Waals surface area (Å²) in [5, 5.41) is 12.2. The fraction of sp³-hybridized carbons (Fsp3) is 0.308. The summed E-state index contributed by atoms with van der Waals surface area (Å²) < 4.78 is 23.7. The zero-order chi connectivity index (χ0) is 25.9. The van der Waals surface area contributed by atoms with Crippen molar-refractivity contribution in [2.24, 2.45) is 0 Å². The molecule has 9 nitrogen and oxygen atoms in total. The zero-order valence-corrected chi connectivity index (χ0v) is 21.0. The molecule has 0 radical (unpaired) electrons. The van der Waals surface area contributed by atoms with Gasteiger partial charge in [0.25, 0.3) is 5.91 Å². The molecule has 1 amide bonds. The number of hydrogen-bond acceptors (Lipinski definition) is 8. The monoisotopic (exact) mass is 511 g/mol. The molecule has 3 aromatic rings. The molecule has 0 aliphatic heterocycles. The second kappa shape index (κ2) is 13.5. The van der Waals surface area contributed by atoms with Crippen molar-refractivity contribution >= 4 is 28.4 Å². The van der Waals surface area contributed by atoms with E-state index in [1.807, 2.05) is 12.1 Å². The highest BCUT2D eigenvalue weighted by Gasteiger charge is 2.19. The number of aliphatic hydroxyl groups is 1. The van der Waals surface area contributed by atoms with Gasteiger partial charge >= 0.3 is 5.97 Å². The first-order chi connectivity index (χ1) is 17.4. The summed E-state index contributed by atoms with van der Waals surface area (Å²) in [5.41, 5.74) is 2.89. The number of carbonyl (C=O) groups excluding carboxylic acids is 2. The highest BCUT2D eigenvalue weighted by atomic mass is 32.2. The van der Waals surface area contributed by atoms with Crippen molar-refractivity contribution in [2.45, 2.75) is 43.6 Å². The van der Waals surface area contributed by atoms with Crippen molar-refractivity contribution in [1.29, 1.82) is 0 Å². The fourth-order valence-corrected chi connectivity index (χ4v) is 4.70. The third kappa shape index (κ3) is 7.43. The highest BCUT2D eigenvalue weighted by molar-refractivity contribution is 7.84. The molecular formula is C26H29N3O6S. The molecule has 1 aromatic carbocycles. The third-order valence-electron chi connectivity index (χ3n) is 5.28. The fourth-order valence-electron chi connectivity index (χ4n) is 3.42. The van der Waals surface area contributed by atoms with Crippen molar-refractivity contribution in [1.82, 2.24) is 9.97 Å². The molecule has 0 bridgehead atoms. The van der Waals surface area contributed by atoms with Crippen molar-refractivity contribution in [3.8, 4) is 5.75 Å². The molecule has 0 aliphatic rings. The summed E-state index contributed by atoms with van der Waals surface area (Å²) >= 11 is 0. The van der Waals surface area contributed by atoms with E-state index in [9.17, 15) is 18.9 Å². The van der Waals surface area contributed by atoms with Gasteiger partial charge in [-0.2, -0.15) is 0 Å². The first kappa shape index (κ1) is 27.0. The van der Waals surface area contributed by atoms with Gasteiger partial charge in [-0.3, -0.25) is 18.8 Å². The Hall–Kier alpha value is -3.63. The number of hydrogen-bond donors (Lipinski definition) is 2. The third-order valence-corrected chi connectivity index (χ3v) is 6.61. The lowest BCUT2D eigenvalue weighted by Gasteiger charge is -2.13. The Morgan fingerprint density at radius 2 is 1.92 bits per heavy atom. The number of rotatable bonds is 12. The van der Waals surface area contributed by atoms with Gasteiger partial charge in [0.1, 0.15) is 17.4 Å². The molecule has 0 saturated carbocycles. The summed E-state index contributed by atoms with van der Waals surface area (Å²) in [4.78, 5) is 32.9. The molecule has 0 fully saturated rings. The van der Waals surface area contributed by atoms with Crippen molar-refractivity contribution in [3.63, 3.8) is 0 Å². The van der Waals surface area contributed by atoms with Crippen molar-refractivity contribution in [2.75, 3.05) is 19.0 Å². The quantitative estimate of drug-likeness (QED) is 0.354. The van der Waals surface area contributed by atoms with E-state index in [4.69, 9.17) is 9.47 Å². The van der Waals surface area contributed by atoms with Crippen molar-refractivity contribution in [3.05, 3.63) is 77.2 Å². The molecule has 10 heteroatoms.